The maximum absolute atomic E-state index is 4.58. The Balaban J connectivity index is 2.00. The van der Waals surface area contributed by atoms with Gasteiger partial charge in [-0.1, -0.05) is 20.8 Å². The second-order valence-electron chi connectivity index (χ2n) is 5.91. The Morgan fingerprint density at radius 2 is 2.12 bits per heavy atom. The SMILES string of the molecule is Cn1cc(CCNC2CC2)c(C(C)(C)C)n1. The highest BCUT2D eigenvalue weighted by Crippen LogP contribution is 2.24. The minimum atomic E-state index is 0.149. The number of hydrogen-bond acceptors (Lipinski definition) is 2. The molecule has 0 unspecified atom stereocenters. The van der Waals surface area contributed by atoms with Gasteiger partial charge in [-0.25, -0.2) is 0 Å². The first kappa shape index (κ1) is 11.6. The molecule has 0 radical (unpaired) electrons. The highest BCUT2D eigenvalue weighted by atomic mass is 15.3. The number of nitrogens with one attached hydrogen (secondary N) is 1. The maximum Gasteiger partial charge on any atom is 0.0710 e. The van der Waals surface area contributed by atoms with Gasteiger partial charge in [0.1, 0.15) is 0 Å². The Bertz CT molecular complexity index is 356. The summed E-state index contributed by atoms with van der Waals surface area (Å²) in [6, 6.07) is 0.801. The van der Waals surface area contributed by atoms with Gasteiger partial charge in [0, 0.05) is 24.7 Å². The van der Waals surface area contributed by atoms with Crippen molar-refractivity contribution in [1.29, 1.82) is 0 Å². The Morgan fingerprint density at radius 3 is 2.69 bits per heavy atom. The minimum Gasteiger partial charge on any atom is -0.314 e. The summed E-state index contributed by atoms with van der Waals surface area (Å²) in [5.41, 5.74) is 2.78. The van der Waals surface area contributed by atoms with E-state index in [0.717, 1.165) is 19.0 Å². The summed E-state index contributed by atoms with van der Waals surface area (Å²) < 4.78 is 1.94. The largest absolute Gasteiger partial charge is 0.314 e. The zero-order valence-electron chi connectivity index (χ0n) is 10.9. The molecule has 90 valence electrons. The number of nitrogens with zero attached hydrogens (tertiary/aromatic N) is 2. The van der Waals surface area contributed by atoms with Crippen molar-refractivity contribution in [2.45, 2.75) is 51.5 Å². The second-order valence-corrected chi connectivity index (χ2v) is 5.91. The summed E-state index contributed by atoms with van der Waals surface area (Å²) in [5, 5.41) is 8.14. The van der Waals surface area contributed by atoms with E-state index in [1.165, 1.54) is 24.1 Å². The van der Waals surface area contributed by atoms with Crippen LogP contribution in [0.4, 0.5) is 0 Å². The highest BCUT2D eigenvalue weighted by Gasteiger charge is 2.23. The lowest BCUT2D eigenvalue weighted by Crippen LogP contribution is -2.21. The smallest absolute Gasteiger partial charge is 0.0710 e. The molecular formula is C13H23N3. The Labute approximate surface area is 98.2 Å². The zero-order chi connectivity index (χ0) is 11.8. The van der Waals surface area contributed by atoms with Crippen molar-refractivity contribution in [1.82, 2.24) is 15.1 Å². The van der Waals surface area contributed by atoms with Crippen LogP contribution in [0, 0.1) is 0 Å². The molecule has 1 aromatic rings. The topological polar surface area (TPSA) is 29.9 Å². The van der Waals surface area contributed by atoms with Gasteiger partial charge in [0.15, 0.2) is 0 Å². The Hall–Kier alpha value is -0.830. The molecule has 16 heavy (non-hydrogen) atoms. The number of rotatable bonds is 4. The molecule has 3 nitrogen and oxygen atoms in total. The van der Waals surface area contributed by atoms with Gasteiger partial charge >= 0.3 is 0 Å². The fourth-order valence-electron chi connectivity index (χ4n) is 2.05. The van der Waals surface area contributed by atoms with Gasteiger partial charge in [-0.3, -0.25) is 4.68 Å². The van der Waals surface area contributed by atoms with Crippen LogP contribution in [0.5, 0.6) is 0 Å². The predicted octanol–water partition coefficient (Wildman–Crippen LogP) is 2.01. The normalized spacial score (nSPS) is 16.8. The molecule has 1 N–H and O–H groups in total. The number of aromatic nitrogens is 2. The molecule has 0 saturated heterocycles. The Kier molecular flexibility index (Phi) is 3.06. The predicted molar refractivity (Wildman–Crippen MR) is 66.6 cm³/mol. The van der Waals surface area contributed by atoms with E-state index in [1.54, 1.807) is 0 Å². The molecule has 0 aromatic carbocycles. The van der Waals surface area contributed by atoms with Crippen LogP contribution < -0.4 is 5.32 Å². The van der Waals surface area contributed by atoms with Gasteiger partial charge in [0.2, 0.25) is 0 Å². The summed E-state index contributed by atoms with van der Waals surface area (Å²) >= 11 is 0. The van der Waals surface area contributed by atoms with Crippen LogP contribution in [0.15, 0.2) is 6.20 Å². The van der Waals surface area contributed by atoms with E-state index < -0.39 is 0 Å². The third kappa shape index (κ3) is 2.85. The van der Waals surface area contributed by atoms with Crippen LogP contribution in [-0.2, 0) is 18.9 Å². The molecule has 1 aliphatic rings. The van der Waals surface area contributed by atoms with E-state index in [9.17, 15) is 0 Å². The van der Waals surface area contributed by atoms with E-state index in [1.807, 2.05) is 11.7 Å². The van der Waals surface area contributed by atoms with E-state index in [-0.39, 0.29) is 5.41 Å². The van der Waals surface area contributed by atoms with Gasteiger partial charge in [-0.2, -0.15) is 5.10 Å². The quantitative estimate of drug-likeness (QED) is 0.843. The molecule has 1 saturated carbocycles. The first-order chi connectivity index (χ1) is 7.47. The second kappa shape index (κ2) is 4.21. The molecule has 3 heteroatoms. The maximum atomic E-state index is 4.58. The molecule has 0 bridgehead atoms. The van der Waals surface area contributed by atoms with Crippen LogP contribution in [0.2, 0.25) is 0 Å². The van der Waals surface area contributed by atoms with E-state index in [2.05, 4.69) is 37.4 Å². The van der Waals surface area contributed by atoms with E-state index in [0.29, 0.717) is 0 Å². The van der Waals surface area contributed by atoms with Crippen LogP contribution >= 0.6 is 0 Å². The van der Waals surface area contributed by atoms with Gasteiger partial charge in [0.25, 0.3) is 0 Å². The zero-order valence-corrected chi connectivity index (χ0v) is 10.9. The molecule has 1 heterocycles. The lowest BCUT2D eigenvalue weighted by Gasteiger charge is -2.17. The summed E-state index contributed by atoms with van der Waals surface area (Å²) in [4.78, 5) is 0. The van der Waals surface area contributed by atoms with Crippen molar-refractivity contribution < 1.29 is 0 Å². The first-order valence-electron chi connectivity index (χ1n) is 6.23. The van der Waals surface area contributed by atoms with Crippen LogP contribution in [-0.4, -0.2) is 22.4 Å². The molecule has 1 aromatic heterocycles. The van der Waals surface area contributed by atoms with Crippen molar-refractivity contribution >= 4 is 0 Å². The molecule has 1 aliphatic carbocycles. The van der Waals surface area contributed by atoms with Gasteiger partial charge < -0.3 is 5.32 Å². The molecule has 0 amide bonds. The molecule has 0 spiro atoms. The summed E-state index contributed by atoms with van der Waals surface area (Å²) in [6.07, 6.45) is 5.98. The standard InChI is InChI=1S/C13H23N3/c1-13(2,3)12-10(9-16(4)15-12)7-8-14-11-5-6-11/h9,11,14H,5-8H2,1-4H3. The van der Waals surface area contributed by atoms with Crippen LogP contribution in [0.1, 0.15) is 44.9 Å². The Morgan fingerprint density at radius 1 is 1.44 bits per heavy atom. The molecule has 1 fully saturated rings. The van der Waals surface area contributed by atoms with Gasteiger partial charge in [-0.05, 0) is 31.4 Å². The fourth-order valence-corrected chi connectivity index (χ4v) is 2.05. The average Bonchev–Trinajstić information content (AvgIpc) is 2.88. The molecule has 2 rings (SSSR count). The summed E-state index contributed by atoms with van der Waals surface area (Å²) in [6.45, 7) is 7.77. The van der Waals surface area contributed by atoms with Gasteiger partial charge in [-0.15, -0.1) is 0 Å². The monoisotopic (exact) mass is 221 g/mol. The molecular weight excluding hydrogens is 198 g/mol. The number of hydrogen-bond donors (Lipinski definition) is 1. The molecule has 0 aliphatic heterocycles. The van der Waals surface area contributed by atoms with Gasteiger partial charge in [0.05, 0.1) is 5.69 Å². The first-order valence-corrected chi connectivity index (χ1v) is 6.23. The lowest BCUT2D eigenvalue weighted by molar-refractivity contribution is 0.546. The fraction of sp³-hybridized carbons (Fsp3) is 0.769. The average molecular weight is 221 g/mol. The van der Waals surface area contributed by atoms with Crippen molar-refractivity contribution in [3.63, 3.8) is 0 Å². The third-order valence-electron chi connectivity index (χ3n) is 3.02. The van der Waals surface area contributed by atoms with Crippen molar-refractivity contribution in [3.05, 3.63) is 17.5 Å². The van der Waals surface area contributed by atoms with E-state index >= 15 is 0 Å². The van der Waals surface area contributed by atoms with Crippen molar-refractivity contribution in [3.8, 4) is 0 Å². The highest BCUT2D eigenvalue weighted by molar-refractivity contribution is 5.24. The van der Waals surface area contributed by atoms with Crippen molar-refractivity contribution in [2.24, 2.45) is 7.05 Å². The van der Waals surface area contributed by atoms with Crippen molar-refractivity contribution in [2.75, 3.05) is 6.54 Å². The van der Waals surface area contributed by atoms with Crippen LogP contribution in [0.3, 0.4) is 0 Å². The summed E-state index contributed by atoms with van der Waals surface area (Å²) in [7, 11) is 2.01. The summed E-state index contributed by atoms with van der Waals surface area (Å²) in [5.74, 6) is 0. The third-order valence-corrected chi connectivity index (χ3v) is 3.02. The van der Waals surface area contributed by atoms with Crippen LogP contribution in [0.25, 0.3) is 0 Å². The minimum absolute atomic E-state index is 0.149. The number of aryl methyl sites for hydroxylation is 1. The lowest BCUT2D eigenvalue weighted by atomic mass is 9.89. The van der Waals surface area contributed by atoms with E-state index in [4.69, 9.17) is 0 Å². The molecule has 0 atom stereocenters.